The van der Waals surface area contributed by atoms with Gasteiger partial charge in [0.05, 0.1) is 24.5 Å². The van der Waals surface area contributed by atoms with Crippen LogP contribution < -0.4 is 14.8 Å². The Hall–Kier alpha value is -2.67. The molecule has 0 fully saturated rings. The van der Waals surface area contributed by atoms with Gasteiger partial charge < -0.3 is 14.8 Å². The number of nitrogens with one attached hydrogen (secondary N) is 1. The maximum Gasteiger partial charge on any atom is 0.163 e. The number of ether oxygens (including phenoxy) is 2. The molecular weight excluding hydrogens is 264 g/mol. The third-order valence-corrected chi connectivity index (χ3v) is 3.32. The lowest BCUT2D eigenvalue weighted by atomic mass is 10.1. The summed E-state index contributed by atoms with van der Waals surface area (Å²) >= 11 is 0. The fourth-order valence-electron chi connectivity index (χ4n) is 2.26. The highest BCUT2D eigenvalue weighted by Gasteiger charge is 2.11. The van der Waals surface area contributed by atoms with Crippen LogP contribution in [0.2, 0.25) is 0 Å². The molecule has 2 aromatic rings. The summed E-state index contributed by atoms with van der Waals surface area (Å²) in [4.78, 5) is 0. The minimum Gasteiger partial charge on any atom is -0.490 e. The van der Waals surface area contributed by atoms with Crippen LogP contribution >= 0.6 is 0 Å². The minimum atomic E-state index is 0.618. The number of fused-ring (bicyclic) bond motifs is 1. The Kier molecular flexibility index (Phi) is 3.65. The Morgan fingerprint density at radius 2 is 1.86 bits per heavy atom. The number of hydrogen-bond donors (Lipinski definition) is 1. The van der Waals surface area contributed by atoms with E-state index in [1.165, 1.54) is 0 Å². The smallest absolute Gasteiger partial charge is 0.163 e. The van der Waals surface area contributed by atoms with Crippen molar-refractivity contribution in [1.29, 1.82) is 5.26 Å². The fourth-order valence-corrected chi connectivity index (χ4v) is 2.26. The Bertz CT molecular complexity index is 704. The molecule has 0 radical (unpaired) electrons. The molecule has 0 atom stereocenters. The van der Waals surface area contributed by atoms with E-state index in [1.54, 1.807) is 0 Å². The number of aryl methyl sites for hydroxylation is 1. The van der Waals surface area contributed by atoms with Gasteiger partial charge in [-0.3, -0.25) is 0 Å². The zero-order chi connectivity index (χ0) is 14.7. The molecular formula is C17H16N2O2. The number of rotatable bonds is 2. The molecule has 4 heteroatoms. The van der Waals surface area contributed by atoms with E-state index in [0.717, 1.165) is 34.9 Å². The number of nitrogens with zero attached hydrogens (tertiary/aromatic N) is 1. The second-order valence-corrected chi connectivity index (χ2v) is 5.00. The third-order valence-electron chi connectivity index (χ3n) is 3.32. The van der Waals surface area contributed by atoms with Crippen molar-refractivity contribution >= 4 is 11.4 Å². The molecule has 0 bridgehead atoms. The second kappa shape index (κ2) is 5.76. The van der Waals surface area contributed by atoms with Gasteiger partial charge in [0.15, 0.2) is 11.5 Å². The first-order chi connectivity index (χ1) is 10.3. The monoisotopic (exact) mass is 280 g/mol. The Balaban J connectivity index is 1.90. The molecule has 0 aromatic heterocycles. The van der Waals surface area contributed by atoms with Crippen LogP contribution in [0.4, 0.5) is 11.4 Å². The first-order valence-electron chi connectivity index (χ1n) is 6.94. The number of hydrogen-bond acceptors (Lipinski definition) is 4. The van der Waals surface area contributed by atoms with E-state index in [9.17, 15) is 5.26 Å². The summed E-state index contributed by atoms with van der Waals surface area (Å²) in [7, 11) is 0. The maximum absolute atomic E-state index is 9.18. The number of nitriles is 1. The predicted molar refractivity (Wildman–Crippen MR) is 81.2 cm³/mol. The summed E-state index contributed by atoms with van der Waals surface area (Å²) in [5, 5.41) is 12.5. The van der Waals surface area contributed by atoms with E-state index in [1.807, 2.05) is 43.3 Å². The van der Waals surface area contributed by atoms with Crippen LogP contribution in [0.3, 0.4) is 0 Å². The summed E-state index contributed by atoms with van der Waals surface area (Å²) in [6.07, 6.45) is 0.883. The molecule has 0 saturated heterocycles. The zero-order valence-corrected chi connectivity index (χ0v) is 11.8. The van der Waals surface area contributed by atoms with Gasteiger partial charge >= 0.3 is 0 Å². The van der Waals surface area contributed by atoms with Gasteiger partial charge in [0, 0.05) is 18.2 Å². The van der Waals surface area contributed by atoms with Gasteiger partial charge in [-0.05, 0) is 36.8 Å². The SMILES string of the molecule is Cc1ccc(C#N)c(Nc2ccc3c(c2)OCCCO3)c1. The standard InChI is InChI=1S/C17H16N2O2/c1-12-3-4-13(11-18)15(9-12)19-14-5-6-16-17(10-14)21-8-2-7-20-16/h3-6,9-10,19H,2,7-8H2,1H3. The van der Waals surface area contributed by atoms with E-state index < -0.39 is 0 Å². The quantitative estimate of drug-likeness (QED) is 0.909. The maximum atomic E-state index is 9.18. The largest absolute Gasteiger partial charge is 0.490 e. The average molecular weight is 280 g/mol. The molecule has 0 unspecified atom stereocenters. The predicted octanol–water partition coefficient (Wildman–Crippen LogP) is 3.77. The summed E-state index contributed by atoms with van der Waals surface area (Å²) in [6.45, 7) is 3.33. The van der Waals surface area contributed by atoms with Crippen LogP contribution in [0.15, 0.2) is 36.4 Å². The summed E-state index contributed by atoms with van der Waals surface area (Å²) in [5.41, 5.74) is 3.40. The molecule has 1 heterocycles. The van der Waals surface area contributed by atoms with Crippen molar-refractivity contribution < 1.29 is 9.47 Å². The molecule has 0 saturated carbocycles. The van der Waals surface area contributed by atoms with Gasteiger partial charge in [0.2, 0.25) is 0 Å². The number of benzene rings is 2. The molecule has 4 nitrogen and oxygen atoms in total. The van der Waals surface area contributed by atoms with Crippen molar-refractivity contribution in [3.63, 3.8) is 0 Å². The zero-order valence-electron chi connectivity index (χ0n) is 11.8. The molecule has 106 valence electrons. The molecule has 1 N–H and O–H groups in total. The Morgan fingerprint density at radius 1 is 1.05 bits per heavy atom. The van der Waals surface area contributed by atoms with E-state index >= 15 is 0 Å². The molecule has 1 aliphatic rings. The van der Waals surface area contributed by atoms with Gasteiger partial charge in [0.1, 0.15) is 6.07 Å². The van der Waals surface area contributed by atoms with Crippen molar-refractivity contribution in [3.8, 4) is 17.6 Å². The summed E-state index contributed by atoms with van der Waals surface area (Å²) < 4.78 is 11.3. The Morgan fingerprint density at radius 3 is 2.67 bits per heavy atom. The highest BCUT2D eigenvalue weighted by Crippen LogP contribution is 2.33. The van der Waals surface area contributed by atoms with Crippen molar-refractivity contribution in [3.05, 3.63) is 47.5 Å². The van der Waals surface area contributed by atoms with Crippen molar-refractivity contribution in [1.82, 2.24) is 0 Å². The lowest BCUT2D eigenvalue weighted by molar-refractivity contribution is 0.297. The summed E-state index contributed by atoms with van der Waals surface area (Å²) in [6, 6.07) is 13.6. The van der Waals surface area contributed by atoms with Gasteiger partial charge in [-0.2, -0.15) is 5.26 Å². The van der Waals surface area contributed by atoms with Crippen LogP contribution in [0, 0.1) is 18.3 Å². The van der Waals surface area contributed by atoms with Crippen LogP contribution in [0.1, 0.15) is 17.5 Å². The highest BCUT2D eigenvalue weighted by atomic mass is 16.5. The molecule has 21 heavy (non-hydrogen) atoms. The summed E-state index contributed by atoms with van der Waals surface area (Å²) in [5.74, 6) is 1.51. The number of anilines is 2. The van der Waals surface area contributed by atoms with Crippen molar-refractivity contribution in [2.24, 2.45) is 0 Å². The molecule has 1 aliphatic heterocycles. The van der Waals surface area contributed by atoms with E-state index in [0.29, 0.717) is 18.8 Å². The van der Waals surface area contributed by atoms with E-state index in [-0.39, 0.29) is 0 Å². The third kappa shape index (κ3) is 2.92. The van der Waals surface area contributed by atoms with Gasteiger partial charge in [0.25, 0.3) is 0 Å². The lowest BCUT2D eigenvalue weighted by Gasteiger charge is -2.12. The van der Waals surface area contributed by atoms with Gasteiger partial charge in [-0.25, -0.2) is 0 Å². The highest BCUT2D eigenvalue weighted by molar-refractivity contribution is 5.69. The topological polar surface area (TPSA) is 54.3 Å². The molecule has 3 rings (SSSR count). The van der Waals surface area contributed by atoms with Crippen molar-refractivity contribution in [2.45, 2.75) is 13.3 Å². The van der Waals surface area contributed by atoms with Crippen LogP contribution in [0.5, 0.6) is 11.5 Å². The molecule has 0 spiro atoms. The van der Waals surface area contributed by atoms with E-state index in [2.05, 4.69) is 11.4 Å². The normalized spacial score (nSPS) is 13.1. The molecule has 0 aliphatic carbocycles. The van der Waals surface area contributed by atoms with Gasteiger partial charge in [-0.1, -0.05) is 6.07 Å². The Labute approximate surface area is 123 Å². The lowest BCUT2D eigenvalue weighted by Crippen LogP contribution is -1.97. The van der Waals surface area contributed by atoms with Crippen LogP contribution in [-0.4, -0.2) is 13.2 Å². The molecule has 0 amide bonds. The first-order valence-corrected chi connectivity index (χ1v) is 6.94. The minimum absolute atomic E-state index is 0.618. The molecule has 2 aromatic carbocycles. The second-order valence-electron chi connectivity index (χ2n) is 5.00. The first kappa shape index (κ1) is 13.3. The van der Waals surface area contributed by atoms with Crippen LogP contribution in [-0.2, 0) is 0 Å². The van der Waals surface area contributed by atoms with Gasteiger partial charge in [-0.15, -0.1) is 0 Å². The van der Waals surface area contributed by atoms with E-state index in [4.69, 9.17) is 9.47 Å². The van der Waals surface area contributed by atoms with Crippen LogP contribution in [0.25, 0.3) is 0 Å². The average Bonchev–Trinajstić information content (AvgIpc) is 2.72. The fraction of sp³-hybridized carbons (Fsp3) is 0.235. The van der Waals surface area contributed by atoms with Crippen molar-refractivity contribution in [2.75, 3.05) is 18.5 Å².